The van der Waals surface area contributed by atoms with Crippen LogP contribution in [0.25, 0.3) is 11.1 Å². The highest BCUT2D eigenvalue weighted by atomic mass is 31.2. The van der Waals surface area contributed by atoms with Crippen molar-refractivity contribution in [2.75, 3.05) is 98.7 Å². The number of β-lactam (4-membered cyclic amide) rings is 3. The molecule has 0 saturated carbocycles. The van der Waals surface area contributed by atoms with Crippen LogP contribution in [-0.4, -0.2) is 233 Å². The average molecular weight is 1660 g/mol. The molecule has 0 aromatic heterocycles. The van der Waals surface area contributed by atoms with Crippen LogP contribution in [0.2, 0.25) is 39.3 Å². The van der Waals surface area contributed by atoms with Crippen molar-refractivity contribution < 1.29 is 75.9 Å². The summed E-state index contributed by atoms with van der Waals surface area (Å²) in [6.45, 7) is 38.6. The van der Waals surface area contributed by atoms with E-state index < -0.39 is 71.5 Å². The quantitative estimate of drug-likeness (QED) is 0.00810. The largest absolute Gasteiger partial charge is 0.457 e. The van der Waals surface area contributed by atoms with Gasteiger partial charge in [0.25, 0.3) is 0 Å². The Hall–Kier alpha value is -9.12. The van der Waals surface area contributed by atoms with Gasteiger partial charge in [-0.2, -0.15) is 0 Å². The van der Waals surface area contributed by atoms with Crippen LogP contribution in [0.15, 0.2) is 213 Å². The first-order valence-corrected chi connectivity index (χ1v) is 49.8. The van der Waals surface area contributed by atoms with E-state index in [1.54, 1.807) is 16.7 Å². The van der Waals surface area contributed by atoms with E-state index in [4.69, 9.17) is 37.3 Å². The van der Waals surface area contributed by atoms with Gasteiger partial charge in [-0.3, -0.25) is 33.9 Å². The zero-order valence-corrected chi connectivity index (χ0v) is 72.6. The van der Waals surface area contributed by atoms with Crippen molar-refractivity contribution in [3.05, 3.63) is 247 Å². The second-order valence-corrected chi connectivity index (χ2v) is 45.4. The minimum absolute atomic E-state index is 0.00915. The molecule has 118 heavy (non-hydrogen) atoms. The number of nitrogens with zero attached hydrogens (tertiary/aromatic N) is 6. The molecule has 0 radical (unpaired) electrons. The molecule has 0 aliphatic carbocycles. The minimum Gasteiger partial charge on any atom is -0.457 e. The molecular formula is C93H115N6O16PSi2. The van der Waals surface area contributed by atoms with Crippen molar-refractivity contribution >= 4 is 97.4 Å². The average Bonchev–Trinajstić information content (AvgIpc) is 0.956. The monoisotopic (exact) mass is 1660 g/mol. The Morgan fingerprint density at radius 3 is 1.19 bits per heavy atom. The van der Waals surface area contributed by atoms with Gasteiger partial charge in [0.15, 0.2) is 22.4 Å². The maximum absolute atomic E-state index is 14.9. The second-order valence-electron chi connectivity index (χ2n) is 33.1. The van der Waals surface area contributed by atoms with Crippen LogP contribution < -0.4 is 15.9 Å². The van der Waals surface area contributed by atoms with E-state index in [1.165, 1.54) is 34.3 Å². The molecule has 0 spiro atoms. The van der Waals surface area contributed by atoms with E-state index >= 15 is 0 Å². The number of morpholine rings is 3. The fourth-order valence-corrected chi connectivity index (χ4v) is 24.3. The maximum atomic E-state index is 14.9. The summed E-state index contributed by atoms with van der Waals surface area (Å²) < 4.78 is 45.7. The lowest BCUT2D eigenvalue weighted by Gasteiger charge is -2.52. The first kappa shape index (κ1) is 88.2. The summed E-state index contributed by atoms with van der Waals surface area (Å²) in [6.07, 6.45) is 4.32. The molecule has 1 N–H and O–H groups in total. The standard InChI is InChI=1S/C44H51N2O6PSi.C26H36N2O5Si.C23H28N2O5/c1-6-28-51-44(49)43(53(36-16-10-7-11-17-36,37-18-12-8-13-19-37)38-20-14-9-15-21-38)46-39(41(42(46)48)33(2)52-54(3,4)5)31-40(47)35-24-22-34(23-25-35)32-45-26-29-50-30-27-45;1-6-13-32-26(30)24-21(16-22-23(25(29)28(22)24)18(2)33-34(3,4)5)20-9-7-19(8-10-20)17-27-11-14-31-15-12-27;1-3-10-30-23(28)21-18(13-19-20(15(2)26)22(27)25(19)21)17-6-4-16(5-7-17)14-24-8-11-29-12-9-24/h6-25,33,39,41H,1,26-32H2,2-5H3;6-10,18,22-23H,1,11-17H2,2-5H3;3-7,15,19-20,26H,1,8-14H2,2H3/t33-,39-,41-;18-,22-,23-;15-,19-,20-/m111/s1. The lowest BCUT2D eigenvalue weighted by atomic mass is 9.79. The van der Waals surface area contributed by atoms with Crippen molar-refractivity contribution in [2.45, 2.75) is 135 Å². The van der Waals surface area contributed by atoms with E-state index in [2.05, 4.69) is 110 Å². The number of aliphatic hydroxyl groups excluding tert-OH is 1. The molecule has 8 aliphatic heterocycles. The molecule has 6 fully saturated rings. The Morgan fingerprint density at radius 1 is 0.475 bits per heavy atom. The lowest BCUT2D eigenvalue weighted by molar-refractivity contribution is -0.162. The van der Waals surface area contributed by atoms with Gasteiger partial charge in [0.1, 0.15) is 36.6 Å². The van der Waals surface area contributed by atoms with Crippen LogP contribution in [0.1, 0.15) is 78.2 Å². The Balaban J connectivity index is 0.000000172. The molecule has 6 saturated heterocycles. The number of rotatable bonds is 31. The van der Waals surface area contributed by atoms with Crippen molar-refractivity contribution in [1.29, 1.82) is 0 Å². The molecule has 8 heterocycles. The second kappa shape index (κ2) is 39.8. The number of amides is 3. The summed E-state index contributed by atoms with van der Waals surface area (Å²) in [7, 11) is -3.91. The Bertz CT molecular complexity index is 4580. The van der Waals surface area contributed by atoms with Crippen molar-refractivity contribution in [2.24, 2.45) is 17.8 Å². The molecule has 25 heteroatoms. The lowest BCUT2D eigenvalue weighted by Crippen LogP contribution is -2.69. The molecule has 8 aliphatic rings. The molecule has 626 valence electrons. The third-order valence-electron chi connectivity index (χ3n) is 22.6. The molecule has 0 unspecified atom stereocenters. The molecular weight excluding hydrogens is 1540 g/mol. The number of aliphatic hydroxyl groups is 1. The smallest absolute Gasteiger partial charge is 0.356 e. The number of fused-ring (bicyclic) bond motifs is 2. The first-order valence-electron chi connectivity index (χ1n) is 41.2. The van der Waals surface area contributed by atoms with Crippen molar-refractivity contribution in [3.63, 3.8) is 0 Å². The Kier molecular flexibility index (Phi) is 29.8. The SMILES string of the molecule is C=CCOC(=O)C(N1C(=O)[C@H]([C@@H](C)O[Si](C)(C)C)[C@H]1CC(=O)c1ccc(CN2CCOCC2)cc1)=P(c1ccccc1)(c1ccccc1)c1ccccc1.C=CCOC(=O)C1=C(c2ccc(CN3CCOCC3)cc2)C[C@@H]2[C@@H]([C@@H](C)O)C(=O)N12.C=CCOC(=O)C1=C(c2ccc(CN3CCOCC3)cc2)C[C@@H]2[C@@H]([C@@H](C)O[Si](C)(C)C)C(=O)N12. The topological polar surface area (TPSA) is 233 Å². The first-order chi connectivity index (χ1) is 56.7. The van der Waals surface area contributed by atoms with E-state index in [-0.39, 0.29) is 79.3 Å². The van der Waals surface area contributed by atoms with Crippen LogP contribution in [-0.2, 0) is 85.7 Å². The molecule has 22 nitrogen and oxygen atoms in total. The van der Waals surface area contributed by atoms with Crippen LogP contribution in [0.3, 0.4) is 0 Å². The molecule has 6 aromatic carbocycles. The maximum Gasteiger partial charge on any atom is 0.356 e. The predicted molar refractivity (Wildman–Crippen MR) is 465 cm³/mol. The summed E-state index contributed by atoms with van der Waals surface area (Å²) in [5.41, 5.74) is 8.51. The number of esters is 3. The van der Waals surface area contributed by atoms with Crippen LogP contribution in [0.5, 0.6) is 0 Å². The number of carbonyl (C=O) groups is 7. The summed E-state index contributed by atoms with van der Waals surface area (Å²) in [5.74, 6) is -3.62. The van der Waals surface area contributed by atoms with Crippen LogP contribution in [0.4, 0.5) is 0 Å². The van der Waals surface area contributed by atoms with Gasteiger partial charge in [-0.25, -0.2) is 14.4 Å². The van der Waals surface area contributed by atoms with Gasteiger partial charge >= 0.3 is 17.9 Å². The fraction of sp³-hybridized carbons (Fsp3) is 0.419. The van der Waals surface area contributed by atoms with Gasteiger partial charge < -0.3 is 57.1 Å². The number of carbonyl (C=O) groups excluding carboxylic acids is 7. The van der Waals surface area contributed by atoms with Gasteiger partial charge in [-0.1, -0.05) is 202 Å². The summed E-state index contributed by atoms with van der Waals surface area (Å²) in [4.78, 5) is 107. The number of ketones is 1. The third-order valence-corrected chi connectivity index (χ3v) is 29.1. The number of Topliss-reactive ketones (excluding diaryl/α,β-unsaturated/α-hetero) is 1. The minimum atomic E-state index is -3.14. The Morgan fingerprint density at radius 2 is 0.822 bits per heavy atom. The summed E-state index contributed by atoms with van der Waals surface area (Å²) >= 11 is 0. The number of ether oxygens (including phenoxy) is 6. The van der Waals surface area contributed by atoms with E-state index in [0.717, 1.165) is 142 Å². The fourth-order valence-electron chi connectivity index (χ4n) is 17.4. The highest BCUT2D eigenvalue weighted by Gasteiger charge is 2.60. The molecule has 6 aromatic rings. The van der Waals surface area contributed by atoms with E-state index in [0.29, 0.717) is 29.8 Å². The van der Waals surface area contributed by atoms with Gasteiger partial charge in [0.05, 0.1) is 93.8 Å². The van der Waals surface area contributed by atoms with Gasteiger partial charge in [0, 0.05) is 77.8 Å². The predicted octanol–water partition coefficient (Wildman–Crippen LogP) is 11.0. The highest BCUT2D eigenvalue weighted by Crippen LogP contribution is 2.52. The number of benzene rings is 6. The van der Waals surface area contributed by atoms with Crippen LogP contribution >= 0.6 is 6.89 Å². The molecule has 0 bridgehead atoms. The normalized spacial score (nSPS) is 21.7. The van der Waals surface area contributed by atoms with Crippen molar-refractivity contribution in [1.82, 2.24) is 29.4 Å². The van der Waals surface area contributed by atoms with E-state index in [1.807, 2.05) is 141 Å². The number of likely N-dealkylation sites (tertiary alicyclic amines) is 1. The summed E-state index contributed by atoms with van der Waals surface area (Å²) in [5, 5.41) is 12.7. The third kappa shape index (κ3) is 20.3. The number of hydrogen-bond donors (Lipinski definition) is 1. The van der Waals surface area contributed by atoms with Gasteiger partial charge in [-0.15, -0.1) is 0 Å². The van der Waals surface area contributed by atoms with Gasteiger partial charge in [-0.05, 0) is 128 Å². The van der Waals surface area contributed by atoms with Crippen molar-refractivity contribution in [3.8, 4) is 0 Å². The molecule has 14 rings (SSSR count). The highest BCUT2D eigenvalue weighted by molar-refractivity contribution is 7.96. The van der Waals surface area contributed by atoms with Gasteiger partial charge in [0.2, 0.25) is 17.7 Å². The number of hydrogen-bond acceptors (Lipinski definition) is 19. The Labute approximate surface area is 697 Å². The zero-order chi connectivity index (χ0) is 84.0. The summed E-state index contributed by atoms with van der Waals surface area (Å²) in [6, 6.07) is 52.9. The van der Waals surface area contributed by atoms with E-state index in [9.17, 15) is 38.7 Å². The molecule has 3 amide bonds. The zero-order valence-electron chi connectivity index (χ0n) is 69.7. The molecule has 9 atom stereocenters. The van der Waals surface area contributed by atoms with Crippen LogP contribution in [0, 0.1) is 17.8 Å².